The first-order chi connectivity index (χ1) is 20.5. The number of carbonyl (C=O) groups excluding carboxylic acids is 1. The molecule has 1 aliphatic heterocycles. The maximum atomic E-state index is 12.4. The van der Waals surface area contributed by atoms with E-state index in [1.165, 1.54) is 5.57 Å². The Kier molecular flexibility index (Phi) is 12.6. The summed E-state index contributed by atoms with van der Waals surface area (Å²) in [6.45, 7) is 24.0. The molecule has 0 radical (unpaired) electrons. The molecule has 0 aromatic heterocycles. The van der Waals surface area contributed by atoms with Gasteiger partial charge in [0.2, 0.25) is 0 Å². The first-order valence-electron chi connectivity index (χ1n) is 16.8. The standard InChI is InChI=1S/C38H60O4Si2/c1-29(31(3)39)27-33(42-43(9,10)37(4,5)6)24-25-36-30(2)28-32(41-36)19-17-18-26-38(7,8)44(40,34-20-13-11-14-21-34)35-22-15-12-16-23-35/h11-16,20-23,29,32-33,36,40H,2,17-19,24-28H2,1,3-10H3/t29-,32?,33-,36+/m1/s1. The van der Waals surface area contributed by atoms with Crippen LogP contribution in [0.5, 0.6) is 0 Å². The van der Waals surface area contributed by atoms with Crippen LogP contribution in [0.1, 0.15) is 99.8 Å². The molecule has 0 spiro atoms. The zero-order valence-electron chi connectivity index (χ0n) is 29.1. The zero-order chi connectivity index (χ0) is 32.8. The maximum Gasteiger partial charge on any atom is 0.258 e. The highest BCUT2D eigenvalue weighted by Gasteiger charge is 2.49. The Morgan fingerprint density at radius 3 is 2.02 bits per heavy atom. The molecule has 1 aliphatic rings. The van der Waals surface area contributed by atoms with Crippen LogP contribution in [-0.4, -0.2) is 45.5 Å². The molecule has 0 amide bonds. The van der Waals surface area contributed by atoms with E-state index in [0.29, 0.717) is 0 Å². The summed E-state index contributed by atoms with van der Waals surface area (Å²) in [5.41, 5.74) is 1.19. The quantitative estimate of drug-likeness (QED) is 0.114. The molecule has 1 fully saturated rings. The molecule has 1 unspecified atom stereocenters. The highest BCUT2D eigenvalue weighted by atomic mass is 28.4. The second-order valence-electron chi connectivity index (χ2n) is 15.5. The van der Waals surface area contributed by atoms with Crippen LogP contribution in [0.15, 0.2) is 72.8 Å². The third-order valence-corrected chi connectivity index (χ3v) is 19.7. The molecule has 2 aromatic carbocycles. The number of ether oxygens (including phenoxy) is 1. The first kappa shape index (κ1) is 36.6. The molecule has 0 saturated carbocycles. The van der Waals surface area contributed by atoms with Gasteiger partial charge in [0.1, 0.15) is 5.78 Å². The molecule has 2 aromatic rings. The van der Waals surface area contributed by atoms with Crippen LogP contribution in [0.2, 0.25) is 23.2 Å². The van der Waals surface area contributed by atoms with Gasteiger partial charge in [0, 0.05) is 12.0 Å². The molecular weight excluding hydrogens is 577 g/mol. The van der Waals surface area contributed by atoms with Gasteiger partial charge in [-0.1, -0.05) is 122 Å². The number of ketones is 1. The van der Waals surface area contributed by atoms with Crippen molar-refractivity contribution in [3.8, 4) is 0 Å². The fourth-order valence-electron chi connectivity index (χ4n) is 6.39. The van der Waals surface area contributed by atoms with Crippen LogP contribution in [0.25, 0.3) is 0 Å². The van der Waals surface area contributed by atoms with Gasteiger partial charge in [-0.15, -0.1) is 0 Å². The Labute approximate surface area is 270 Å². The smallest absolute Gasteiger partial charge is 0.258 e. The van der Waals surface area contributed by atoms with Crippen molar-refractivity contribution >= 4 is 32.8 Å². The molecule has 1 saturated heterocycles. The summed E-state index contributed by atoms with van der Waals surface area (Å²) in [7, 11) is -4.94. The summed E-state index contributed by atoms with van der Waals surface area (Å²) >= 11 is 0. The van der Waals surface area contributed by atoms with Gasteiger partial charge in [-0.05, 0) is 84.6 Å². The molecular formula is C38H60O4Si2. The maximum absolute atomic E-state index is 12.4. The Bertz CT molecular complexity index is 1160. The number of hydrogen-bond donors (Lipinski definition) is 1. The lowest BCUT2D eigenvalue weighted by Gasteiger charge is -2.41. The van der Waals surface area contributed by atoms with E-state index < -0.39 is 16.6 Å². The van der Waals surface area contributed by atoms with Crippen molar-refractivity contribution in [3.63, 3.8) is 0 Å². The molecule has 3 rings (SSSR count). The molecule has 4 atom stereocenters. The Hall–Kier alpha value is -1.84. The molecule has 0 aliphatic carbocycles. The minimum absolute atomic E-state index is 0.000958. The van der Waals surface area contributed by atoms with Gasteiger partial charge in [-0.2, -0.15) is 0 Å². The molecule has 1 N–H and O–H groups in total. The fraction of sp³-hybridized carbons (Fsp3) is 0.605. The van der Waals surface area contributed by atoms with Crippen LogP contribution in [0.4, 0.5) is 0 Å². The number of benzene rings is 2. The molecule has 1 heterocycles. The van der Waals surface area contributed by atoms with Crippen molar-refractivity contribution in [2.75, 3.05) is 0 Å². The average molecular weight is 637 g/mol. The van der Waals surface area contributed by atoms with Crippen molar-refractivity contribution < 1.29 is 18.8 Å². The van der Waals surface area contributed by atoms with E-state index in [0.717, 1.165) is 61.7 Å². The van der Waals surface area contributed by atoms with E-state index in [9.17, 15) is 9.59 Å². The summed E-state index contributed by atoms with van der Waals surface area (Å²) < 4.78 is 13.4. The van der Waals surface area contributed by atoms with Crippen LogP contribution < -0.4 is 10.4 Å². The molecule has 4 nitrogen and oxygen atoms in total. The molecule has 244 valence electrons. The second-order valence-corrected chi connectivity index (χ2v) is 24.2. The lowest BCUT2D eigenvalue weighted by atomic mass is 9.95. The van der Waals surface area contributed by atoms with Crippen molar-refractivity contribution in [1.82, 2.24) is 0 Å². The van der Waals surface area contributed by atoms with Gasteiger partial charge in [0.25, 0.3) is 8.32 Å². The minimum atomic E-state index is -2.98. The summed E-state index contributed by atoms with van der Waals surface area (Å²) in [6, 6.07) is 20.6. The average Bonchev–Trinajstić information content (AvgIpc) is 3.32. The molecule has 0 bridgehead atoms. The second kappa shape index (κ2) is 15.2. The summed E-state index contributed by atoms with van der Waals surface area (Å²) in [5.74, 6) is 0.228. The Balaban J connectivity index is 1.57. The van der Waals surface area contributed by atoms with Crippen LogP contribution in [0.3, 0.4) is 0 Å². The largest absolute Gasteiger partial charge is 0.424 e. The number of carbonyl (C=O) groups is 1. The monoisotopic (exact) mass is 636 g/mol. The highest BCUT2D eigenvalue weighted by molar-refractivity contribution is 6.98. The van der Waals surface area contributed by atoms with Gasteiger partial charge in [0.05, 0.1) is 12.2 Å². The zero-order valence-corrected chi connectivity index (χ0v) is 31.1. The van der Waals surface area contributed by atoms with Gasteiger partial charge in [0.15, 0.2) is 8.32 Å². The van der Waals surface area contributed by atoms with Crippen LogP contribution >= 0.6 is 0 Å². The van der Waals surface area contributed by atoms with E-state index in [1.54, 1.807) is 6.92 Å². The first-order valence-corrected chi connectivity index (χ1v) is 21.7. The highest BCUT2D eigenvalue weighted by Crippen LogP contribution is 2.42. The predicted octanol–water partition coefficient (Wildman–Crippen LogP) is 8.58. The normalized spacial score (nSPS) is 19.6. The predicted molar refractivity (Wildman–Crippen MR) is 191 cm³/mol. The lowest BCUT2D eigenvalue weighted by Crippen LogP contribution is -2.65. The van der Waals surface area contributed by atoms with Crippen molar-refractivity contribution in [2.24, 2.45) is 5.92 Å². The summed E-state index contributed by atoms with van der Waals surface area (Å²) in [4.78, 5) is 24.5. The minimum Gasteiger partial charge on any atom is -0.424 e. The van der Waals surface area contributed by atoms with Gasteiger partial charge in [-0.25, -0.2) is 0 Å². The van der Waals surface area contributed by atoms with Gasteiger partial charge in [-0.3, -0.25) is 4.79 Å². The summed E-state index contributed by atoms with van der Waals surface area (Å²) in [6.07, 6.45) is 7.85. The third kappa shape index (κ3) is 9.13. The molecule has 44 heavy (non-hydrogen) atoms. The Morgan fingerprint density at radius 1 is 0.977 bits per heavy atom. The van der Waals surface area contributed by atoms with E-state index >= 15 is 0 Å². The lowest BCUT2D eigenvalue weighted by molar-refractivity contribution is -0.121. The van der Waals surface area contributed by atoms with Crippen molar-refractivity contribution in [3.05, 3.63) is 72.8 Å². The van der Waals surface area contributed by atoms with E-state index in [2.05, 4.69) is 78.6 Å². The SMILES string of the molecule is C=C1CC(CCCCC(C)(C)[Si](O)(c2ccccc2)c2ccccc2)O[C@H]1CC[C@H](C[C@@H](C)C(C)=O)O[Si](C)(C)C(C)(C)C. The number of Topliss-reactive ketones (excluding diaryl/α,β-unsaturated/α-hetero) is 1. The fourth-order valence-corrected chi connectivity index (χ4v) is 11.6. The van der Waals surface area contributed by atoms with Crippen molar-refractivity contribution in [2.45, 2.75) is 141 Å². The van der Waals surface area contributed by atoms with E-state index in [1.807, 2.05) is 43.3 Å². The third-order valence-electron chi connectivity index (χ3n) is 10.6. The Morgan fingerprint density at radius 2 is 1.52 bits per heavy atom. The van der Waals surface area contributed by atoms with Crippen molar-refractivity contribution in [1.29, 1.82) is 0 Å². The van der Waals surface area contributed by atoms with Gasteiger partial charge >= 0.3 is 0 Å². The van der Waals surface area contributed by atoms with E-state index in [-0.39, 0.29) is 40.1 Å². The van der Waals surface area contributed by atoms with Crippen LogP contribution in [-0.2, 0) is 14.0 Å². The van der Waals surface area contributed by atoms with Gasteiger partial charge < -0.3 is 14.0 Å². The summed E-state index contributed by atoms with van der Waals surface area (Å²) in [5, 5.41) is 2.04. The number of unbranched alkanes of at least 4 members (excludes halogenated alkanes) is 1. The van der Waals surface area contributed by atoms with E-state index in [4.69, 9.17) is 9.16 Å². The number of rotatable bonds is 16. The van der Waals surface area contributed by atoms with Crippen LogP contribution in [0, 0.1) is 5.92 Å². The topological polar surface area (TPSA) is 55.8 Å². The number of hydrogen-bond acceptors (Lipinski definition) is 4. The molecule has 6 heteroatoms.